The molecule has 0 aromatic heterocycles. The second-order valence-corrected chi connectivity index (χ2v) is 13.1. The molecule has 2 aromatic carbocycles. The number of halogens is 3. The summed E-state index contributed by atoms with van der Waals surface area (Å²) in [6.45, 7) is 11.4. The highest BCUT2D eigenvalue weighted by molar-refractivity contribution is 5.84. The zero-order chi connectivity index (χ0) is 33.1. The molecular weight excluding hydrogens is 577 g/mol. The molecule has 0 aliphatic carbocycles. The maximum atomic E-state index is 13.8. The van der Waals surface area contributed by atoms with Crippen molar-refractivity contribution >= 4 is 17.9 Å². The number of hydrogen-bond acceptors (Lipinski definition) is 7. The van der Waals surface area contributed by atoms with Gasteiger partial charge in [-0.25, -0.2) is 4.79 Å². The van der Waals surface area contributed by atoms with Crippen LogP contribution in [0.2, 0.25) is 0 Å². The zero-order valence-corrected chi connectivity index (χ0v) is 26.4. The topological polar surface area (TPSA) is 99.1 Å². The summed E-state index contributed by atoms with van der Waals surface area (Å²) in [7, 11) is 0. The second kappa shape index (κ2) is 12.9. The molecule has 0 saturated carbocycles. The maximum Gasteiger partial charge on any atom is 0.421 e. The molecule has 5 atom stereocenters. The Morgan fingerprint density at radius 1 is 0.932 bits per heavy atom. The summed E-state index contributed by atoms with van der Waals surface area (Å²) in [6, 6.07) is 14.7. The summed E-state index contributed by atoms with van der Waals surface area (Å²) in [5.74, 6) is -2.20. The minimum absolute atomic E-state index is 0.0199. The molecule has 0 spiro atoms. The van der Waals surface area contributed by atoms with Gasteiger partial charge in [-0.3, -0.25) is 9.59 Å². The summed E-state index contributed by atoms with van der Waals surface area (Å²) in [4.78, 5) is 39.7. The molecule has 1 heterocycles. The Kier molecular flexibility index (Phi) is 10.3. The van der Waals surface area contributed by atoms with Gasteiger partial charge in [0.05, 0.1) is 17.4 Å². The van der Waals surface area contributed by atoms with Crippen LogP contribution in [0, 0.1) is 10.8 Å². The quantitative estimate of drug-likeness (QED) is 0.200. The van der Waals surface area contributed by atoms with Crippen molar-refractivity contribution in [2.45, 2.75) is 104 Å². The van der Waals surface area contributed by atoms with E-state index in [-0.39, 0.29) is 37.4 Å². The van der Waals surface area contributed by atoms with E-state index >= 15 is 0 Å². The van der Waals surface area contributed by atoms with Gasteiger partial charge < -0.3 is 19.3 Å². The molecule has 1 N–H and O–H groups in total. The Balaban J connectivity index is 1.91. The first-order valence-electron chi connectivity index (χ1n) is 14.8. The van der Waals surface area contributed by atoms with E-state index in [0.29, 0.717) is 18.9 Å². The minimum Gasteiger partial charge on any atom is -0.463 e. The van der Waals surface area contributed by atoms with Gasteiger partial charge in [0, 0.05) is 6.42 Å². The number of alkyl halides is 3. The molecule has 44 heavy (non-hydrogen) atoms. The van der Waals surface area contributed by atoms with E-state index in [1.54, 1.807) is 27.7 Å². The molecule has 1 aliphatic rings. The predicted octanol–water partition coefficient (Wildman–Crippen LogP) is 7.10. The van der Waals surface area contributed by atoms with Crippen LogP contribution in [-0.4, -0.2) is 41.9 Å². The van der Waals surface area contributed by atoms with Gasteiger partial charge in [0.1, 0.15) is 5.60 Å². The molecule has 242 valence electrons. The monoisotopic (exact) mass is 620 g/mol. The first kappa shape index (κ1) is 35.1. The molecule has 3 rings (SSSR count). The van der Waals surface area contributed by atoms with Crippen molar-refractivity contribution < 1.29 is 46.9 Å². The van der Waals surface area contributed by atoms with E-state index in [1.165, 1.54) is 24.3 Å². The van der Waals surface area contributed by atoms with Gasteiger partial charge in [-0.15, -0.1) is 0 Å². The van der Waals surface area contributed by atoms with Crippen molar-refractivity contribution in [2.75, 3.05) is 6.61 Å². The van der Waals surface area contributed by atoms with E-state index in [9.17, 15) is 32.7 Å². The molecule has 10 heteroatoms. The third-order valence-corrected chi connectivity index (χ3v) is 8.85. The summed E-state index contributed by atoms with van der Waals surface area (Å²) >= 11 is 0. The first-order valence-corrected chi connectivity index (χ1v) is 14.8. The Morgan fingerprint density at radius 2 is 1.52 bits per heavy atom. The van der Waals surface area contributed by atoms with Crippen LogP contribution in [-0.2, 0) is 39.8 Å². The van der Waals surface area contributed by atoms with E-state index < -0.39 is 52.2 Å². The molecule has 1 saturated heterocycles. The van der Waals surface area contributed by atoms with Crippen LogP contribution in [0.15, 0.2) is 54.6 Å². The average Bonchev–Trinajstić information content (AvgIpc) is 3.36. The number of ether oxygens (including phenoxy) is 3. The lowest BCUT2D eigenvalue weighted by atomic mass is 9.67. The smallest absolute Gasteiger partial charge is 0.421 e. The zero-order valence-electron chi connectivity index (χ0n) is 26.4. The molecule has 5 unspecified atom stereocenters. The molecular formula is C34H43F3O7. The fourth-order valence-corrected chi connectivity index (χ4v) is 5.63. The lowest BCUT2D eigenvalue weighted by molar-refractivity contribution is -0.258. The van der Waals surface area contributed by atoms with Gasteiger partial charge in [-0.1, -0.05) is 68.4 Å². The van der Waals surface area contributed by atoms with E-state index in [1.807, 2.05) is 44.2 Å². The van der Waals surface area contributed by atoms with Crippen molar-refractivity contribution in [1.29, 1.82) is 0 Å². The summed E-state index contributed by atoms with van der Waals surface area (Å²) in [6.07, 6.45) is -5.20. The molecule has 0 amide bonds. The highest BCUT2D eigenvalue weighted by Gasteiger charge is 2.51. The number of carbonyl (C=O) groups is 3. The highest BCUT2D eigenvalue weighted by atomic mass is 19.4. The van der Waals surface area contributed by atoms with E-state index in [0.717, 1.165) is 5.56 Å². The van der Waals surface area contributed by atoms with Gasteiger partial charge in [0.15, 0.2) is 5.60 Å². The normalized spacial score (nSPS) is 20.4. The predicted molar refractivity (Wildman–Crippen MR) is 157 cm³/mol. The van der Waals surface area contributed by atoms with Crippen molar-refractivity contribution in [3.8, 4) is 0 Å². The first-order chi connectivity index (χ1) is 20.3. The van der Waals surface area contributed by atoms with Crippen molar-refractivity contribution in [1.82, 2.24) is 0 Å². The van der Waals surface area contributed by atoms with Crippen LogP contribution in [0.3, 0.4) is 0 Å². The van der Waals surface area contributed by atoms with Crippen LogP contribution in [0.1, 0.15) is 96.8 Å². The number of esters is 3. The number of carbonyl (C=O) groups excluding carboxylic acids is 3. The van der Waals surface area contributed by atoms with Crippen LogP contribution < -0.4 is 0 Å². The average molecular weight is 621 g/mol. The van der Waals surface area contributed by atoms with Crippen LogP contribution in [0.5, 0.6) is 0 Å². The fourth-order valence-electron chi connectivity index (χ4n) is 5.63. The highest BCUT2D eigenvalue weighted by Crippen LogP contribution is 2.46. The second-order valence-electron chi connectivity index (χ2n) is 13.1. The molecule has 2 aromatic rings. The Morgan fingerprint density at radius 3 is 2.02 bits per heavy atom. The molecule has 0 bridgehead atoms. The Labute approximate surface area is 257 Å². The lowest BCUT2D eigenvalue weighted by Gasteiger charge is -2.39. The lowest BCUT2D eigenvalue weighted by Crippen LogP contribution is -2.44. The Bertz CT molecular complexity index is 1320. The van der Waals surface area contributed by atoms with Gasteiger partial charge >= 0.3 is 24.1 Å². The van der Waals surface area contributed by atoms with Gasteiger partial charge in [-0.2, -0.15) is 13.2 Å². The van der Waals surface area contributed by atoms with Crippen LogP contribution in [0.25, 0.3) is 0 Å². The Hall–Kier alpha value is -3.40. The van der Waals surface area contributed by atoms with Crippen LogP contribution >= 0.6 is 0 Å². The van der Waals surface area contributed by atoms with E-state index in [2.05, 4.69) is 0 Å². The summed E-state index contributed by atoms with van der Waals surface area (Å²) < 4.78 is 56.7. The number of rotatable bonds is 12. The molecule has 0 radical (unpaired) electrons. The standard InChI is InChI=1S/C34H43F3O7/c1-8-31(5,29(40)44-30(3,4)24-12-10-9-11-13-24)21-32(6,28(39)43-26-18-19-42-27(26)38)20-22(2)23-14-16-25(17-15-23)33(7,41)34(35,36)37/h9-17,22,26,41H,8,18-21H2,1-7H3. The summed E-state index contributed by atoms with van der Waals surface area (Å²) in [5.41, 5.74) is -5.31. The van der Waals surface area contributed by atoms with Crippen molar-refractivity contribution in [2.24, 2.45) is 10.8 Å². The number of cyclic esters (lactones) is 1. The largest absolute Gasteiger partial charge is 0.463 e. The molecule has 1 aliphatic heterocycles. The van der Waals surface area contributed by atoms with Crippen molar-refractivity contribution in [3.63, 3.8) is 0 Å². The summed E-state index contributed by atoms with van der Waals surface area (Å²) in [5, 5.41) is 10.1. The number of hydrogen-bond donors (Lipinski definition) is 1. The minimum atomic E-state index is -4.86. The van der Waals surface area contributed by atoms with Gasteiger partial charge in [-0.05, 0) is 76.5 Å². The third-order valence-electron chi connectivity index (χ3n) is 8.85. The van der Waals surface area contributed by atoms with Crippen molar-refractivity contribution in [3.05, 3.63) is 71.3 Å². The molecule has 7 nitrogen and oxygen atoms in total. The van der Waals surface area contributed by atoms with E-state index in [4.69, 9.17) is 14.2 Å². The van der Waals surface area contributed by atoms with Crippen LogP contribution in [0.4, 0.5) is 13.2 Å². The maximum absolute atomic E-state index is 13.8. The fraction of sp³-hybridized carbons (Fsp3) is 0.559. The third kappa shape index (κ3) is 7.62. The molecule has 1 fully saturated rings. The van der Waals surface area contributed by atoms with Gasteiger partial charge in [0.2, 0.25) is 6.10 Å². The number of benzene rings is 2. The SMILES string of the molecule is CCC(C)(CC(C)(CC(C)c1ccc(C(C)(O)C(F)(F)F)cc1)C(=O)OC1CCOC1=O)C(=O)OC(C)(C)c1ccccc1. The van der Waals surface area contributed by atoms with Gasteiger partial charge in [0.25, 0.3) is 0 Å². The number of aliphatic hydroxyl groups is 1.